The third kappa shape index (κ3) is 8.79. The van der Waals surface area contributed by atoms with Crippen LogP contribution in [0.4, 0.5) is 51.5 Å². The summed E-state index contributed by atoms with van der Waals surface area (Å²) in [6, 6.07) is 0. The molecule has 0 N–H and O–H groups in total. The van der Waals surface area contributed by atoms with Crippen LogP contribution in [0.15, 0.2) is 18.1 Å². The van der Waals surface area contributed by atoms with Gasteiger partial charge in [0.2, 0.25) is 0 Å². The van der Waals surface area contributed by atoms with Crippen molar-refractivity contribution in [2.75, 3.05) is 13.2 Å². The van der Waals surface area contributed by atoms with Crippen molar-refractivity contribution >= 4 is 31.1 Å². The predicted octanol–water partition coefficient (Wildman–Crippen LogP) is 8.76. The van der Waals surface area contributed by atoms with Crippen molar-refractivity contribution < 1.29 is 60.6 Å². The van der Waals surface area contributed by atoms with E-state index in [4.69, 9.17) is 0 Å². The van der Waals surface area contributed by atoms with Crippen molar-refractivity contribution in [3.8, 4) is 0 Å². The smallest absolute Gasteiger partial charge is 0.294 e. The van der Waals surface area contributed by atoms with Gasteiger partial charge in [-0.3, -0.25) is 9.05 Å². The molecule has 0 saturated carbocycles. The molecule has 0 aromatic rings. The average molecular weight is 492 g/mol. The number of rotatable bonds is 4. The summed E-state index contributed by atoms with van der Waals surface area (Å²) in [5, 5.41) is 0. The van der Waals surface area contributed by atoms with Gasteiger partial charge in [0.25, 0.3) is 0 Å². The van der Waals surface area contributed by atoms with E-state index in [0.29, 0.717) is 0 Å². The summed E-state index contributed by atoms with van der Waals surface area (Å²) in [6.07, 6.45) is -10.8. The molecular formula is C4H4F12N4O2P4. The summed E-state index contributed by atoms with van der Waals surface area (Å²) in [4.78, 5) is 0. The number of alkyl halides is 6. The Morgan fingerprint density at radius 2 is 0.885 bits per heavy atom. The molecule has 2 unspecified atom stereocenters. The molecular weight excluding hydrogens is 488 g/mol. The molecule has 156 valence electrons. The Hall–Kier alpha value is -0.000000000000000111. The minimum atomic E-state index is -6.72. The lowest BCUT2D eigenvalue weighted by molar-refractivity contribution is -0.153. The average Bonchev–Trinajstić information content (AvgIpc) is 2.28. The molecule has 0 spiro atoms. The molecule has 0 fully saturated rings. The molecule has 1 heterocycles. The highest BCUT2D eigenvalue weighted by Crippen LogP contribution is 2.82. The fourth-order valence-electron chi connectivity index (χ4n) is 1.02. The lowest BCUT2D eigenvalue weighted by atomic mass is 10.7. The monoisotopic (exact) mass is 492 g/mol. The van der Waals surface area contributed by atoms with Crippen LogP contribution in [0, 0.1) is 0 Å². The Kier molecular flexibility index (Phi) is 6.88. The molecule has 0 bridgehead atoms. The van der Waals surface area contributed by atoms with Gasteiger partial charge in [-0.05, 0) is 0 Å². The zero-order valence-corrected chi connectivity index (χ0v) is 14.9. The van der Waals surface area contributed by atoms with E-state index in [1.165, 1.54) is 4.52 Å². The van der Waals surface area contributed by atoms with Crippen LogP contribution in [0.2, 0.25) is 0 Å². The van der Waals surface area contributed by atoms with E-state index in [9.17, 15) is 51.5 Å². The van der Waals surface area contributed by atoms with Gasteiger partial charge >= 0.3 is 43.5 Å². The highest BCUT2D eigenvalue weighted by molar-refractivity contribution is 7.77. The van der Waals surface area contributed by atoms with Crippen molar-refractivity contribution in [1.29, 1.82) is 0 Å². The first kappa shape index (κ1) is 24.0. The van der Waals surface area contributed by atoms with Gasteiger partial charge < -0.3 is 0 Å². The molecule has 1 aliphatic heterocycles. The van der Waals surface area contributed by atoms with Crippen LogP contribution in [-0.2, 0) is 9.05 Å². The molecule has 22 heteroatoms. The maximum absolute atomic E-state index is 14.1. The Labute approximate surface area is 136 Å². The van der Waals surface area contributed by atoms with Gasteiger partial charge in [0.15, 0.2) is 13.2 Å². The van der Waals surface area contributed by atoms with Crippen LogP contribution in [-0.4, -0.2) is 25.6 Å². The van der Waals surface area contributed by atoms with Gasteiger partial charge in [0.1, 0.15) is 0 Å². The van der Waals surface area contributed by atoms with E-state index < -0.39 is 56.7 Å². The van der Waals surface area contributed by atoms with Crippen LogP contribution in [0.3, 0.4) is 0 Å². The van der Waals surface area contributed by atoms with Crippen LogP contribution in [0.5, 0.6) is 0 Å². The van der Waals surface area contributed by atoms with Crippen molar-refractivity contribution in [3.05, 3.63) is 0 Å². The molecule has 0 aromatic heterocycles. The molecule has 2 atom stereocenters. The minimum Gasteiger partial charge on any atom is -0.294 e. The van der Waals surface area contributed by atoms with Gasteiger partial charge in [-0.25, -0.2) is 0 Å². The van der Waals surface area contributed by atoms with E-state index in [2.05, 4.69) is 9.05 Å². The SMILES string of the molecule is FC(F)(F)COP1(F)=NP(F)(F)=NP(F)(F)=NP(F)(OCC(F)(F)F)=N1. The third-order valence-corrected chi connectivity index (χ3v) is 9.55. The molecule has 1 aliphatic rings. The fourth-order valence-corrected chi connectivity index (χ4v) is 8.57. The quantitative estimate of drug-likeness (QED) is 0.291. The summed E-state index contributed by atoms with van der Waals surface area (Å²) in [5.41, 5.74) is 0. The molecule has 0 radical (unpaired) electrons. The third-order valence-electron chi connectivity index (χ3n) is 1.66. The predicted molar refractivity (Wildman–Crippen MR) is 68.1 cm³/mol. The van der Waals surface area contributed by atoms with Crippen molar-refractivity contribution in [1.82, 2.24) is 0 Å². The molecule has 0 aliphatic carbocycles. The number of hydrogen-bond donors (Lipinski definition) is 0. The van der Waals surface area contributed by atoms with Crippen LogP contribution in [0.1, 0.15) is 0 Å². The van der Waals surface area contributed by atoms with Gasteiger partial charge in [0.05, 0.1) is 0 Å². The van der Waals surface area contributed by atoms with Crippen LogP contribution >= 0.6 is 31.1 Å². The number of hydrogen-bond acceptors (Lipinski definition) is 6. The molecule has 0 amide bonds. The maximum atomic E-state index is 14.1. The van der Waals surface area contributed by atoms with E-state index in [1.807, 2.05) is 4.52 Å². The van der Waals surface area contributed by atoms with Gasteiger partial charge in [-0.15, -0.1) is 34.8 Å². The largest absolute Gasteiger partial charge is 0.425 e. The Morgan fingerprint density at radius 1 is 0.538 bits per heavy atom. The van der Waals surface area contributed by atoms with E-state index in [1.54, 1.807) is 9.03 Å². The Bertz CT molecular complexity index is 727. The summed E-state index contributed by atoms with van der Waals surface area (Å²) < 4.78 is 166. The fraction of sp³-hybridized carbons (Fsp3) is 1.00. The number of nitrogens with zero attached hydrogens (tertiary/aromatic N) is 4. The molecule has 26 heavy (non-hydrogen) atoms. The normalized spacial score (nSPS) is 31.5. The Balaban J connectivity index is 3.54. The second-order valence-corrected chi connectivity index (χ2v) is 11.1. The first-order chi connectivity index (χ1) is 11.2. The standard InChI is InChI=1S/C4H4F12N4O2P4/c5-3(6,7)1-21-25(15)18-23(11,12)17-24(13,14)19-26(16,20-25)22-2-4(8,9)10/h1-2H2. The van der Waals surface area contributed by atoms with Crippen molar-refractivity contribution in [2.24, 2.45) is 18.1 Å². The first-order valence-electron chi connectivity index (χ1n) is 5.40. The molecule has 1 rings (SSSR count). The van der Waals surface area contributed by atoms with Gasteiger partial charge in [-0.1, -0.05) is 0 Å². The zero-order valence-electron chi connectivity index (χ0n) is 11.3. The molecule has 0 saturated heterocycles. The Morgan fingerprint density at radius 3 is 1.27 bits per heavy atom. The van der Waals surface area contributed by atoms with E-state index in [0.717, 1.165) is 0 Å². The summed E-state index contributed by atoms with van der Waals surface area (Å²) in [7, 11) is -26.3. The van der Waals surface area contributed by atoms with Crippen molar-refractivity contribution in [3.63, 3.8) is 0 Å². The second kappa shape index (κ2) is 7.44. The van der Waals surface area contributed by atoms with Crippen LogP contribution < -0.4 is 0 Å². The van der Waals surface area contributed by atoms with Gasteiger partial charge in [-0.2, -0.15) is 34.7 Å². The van der Waals surface area contributed by atoms with E-state index in [-0.39, 0.29) is 0 Å². The molecule has 0 aromatic carbocycles. The minimum absolute atomic E-state index is 1.40. The van der Waals surface area contributed by atoms with E-state index >= 15 is 0 Å². The first-order valence-corrected chi connectivity index (χ1v) is 11.4. The highest BCUT2D eigenvalue weighted by Gasteiger charge is 2.44. The number of halogens is 12. The zero-order chi connectivity index (χ0) is 20.7. The topological polar surface area (TPSA) is 67.9 Å². The van der Waals surface area contributed by atoms with Gasteiger partial charge in [0, 0.05) is 0 Å². The lowest BCUT2D eigenvalue weighted by Gasteiger charge is -2.19. The maximum Gasteiger partial charge on any atom is 0.425 e. The summed E-state index contributed by atoms with van der Waals surface area (Å²) in [5.74, 6) is 0. The summed E-state index contributed by atoms with van der Waals surface area (Å²) >= 11 is 0. The summed E-state index contributed by atoms with van der Waals surface area (Å²) in [6.45, 7) is -5.34. The second-order valence-electron chi connectivity index (χ2n) is 3.99. The van der Waals surface area contributed by atoms with Crippen LogP contribution in [0.25, 0.3) is 0 Å². The molecule has 6 nitrogen and oxygen atoms in total. The lowest BCUT2D eigenvalue weighted by Crippen LogP contribution is -2.15. The van der Waals surface area contributed by atoms with Crippen molar-refractivity contribution in [2.45, 2.75) is 12.4 Å². The highest BCUT2D eigenvalue weighted by atomic mass is 31.3.